The van der Waals surface area contributed by atoms with Crippen LogP contribution < -0.4 is 5.32 Å². The summed E-state index contributed by atoms with van der Waals surface area (Å²) in [6.07, 6.45) is 0. The number of nitrogens with one attached hydrogen (secondary N) is 1. The zero-order valence-electron chi connectivity index (χ0n) is 10.6. The van der Waals surface area contributed by atoms with Gasteiger partial charge in [0, 0.05) is 5.56 Å². The Morgan fingerprint density at radius 2 is 2.10 bits per heavy atom. The number of furan rings is 1. The Kier molecular flexibility index (Phi) is 4.09. The van der Waals surface area contributed by atoms with E-state index in [1.54, 1.807) is 6.92 Å². The van der Waals surface area contributed by atoms with E-state index in [1.807, 2.05) is 0 Å². The Morgan fingerprint density at radius 3 is 2.70 bits per heavy atom. The average molecular weight is 282 g/mol. The van der Waals surface area contributed by atoms with E-state index >= 15 is 0 Å². The van der Waals surface area contributed by atoms with Gasteiger partial charge in [-0.25, -0.2) is 8.78 Å². The molecule has 1 aromatic heterocycles. The van der Waals surface area contributed by atoms with Crippen molar-refractivity contribution >= 4 is 5.88 Å². The predicted octanol–water partition coefficient (Wildman–Crippen LogP) is 3.16. The molecule has 0 spiro atoms. The lowest BCUT2D eigenvalue weighted by atomic mass is 10.0. The highest BCUT2D eigenvalue weighted by Gasteiger charge is 2.23. The maximum Gasteiger partial charge on any atom is 0.433 e. The van der Waals surface area contributed by atoms with E-state index in [4.69, 9.17) is 4.42 Å². The van der Waals surface area contributed by atoms with Gasteiger partial charge < -0.3 is 9.73 Å². The minimum atomic E-state index is -0.788. The van der Waals surface area contributed by atoms with Crippen molar-refractivity contribution in [3.05, 3.63) is 63.4 Å². The summed E-state index contributed by atoms with van der Waals surface area (Å²) in [6, 6.07) is 4.81. The first-order valence-corrected chi connectivity index (χ1v) is 5.95. The maximum absolute atomic E-state index is 13.8. The summed E-state index contributed by atoms with van der Waals surface area (Å²) >= 11 is 0. The smallest absolute Gasteiger partial charge is 0.404 e. The summed E-state index contributed by atoms with van der Waals surface area (Å²) in [5.74, 6) is -1.50. The van der Waals surface area contributed by atoms with Gasteiger partial charge in [0.15, 0.2) is 0 Å². The lowest BCUT2D eigenvalue weighted by Gasteiger charge is -2.16. The van der Waals surface area contributed by atoms with Crippen LogP contribution in [0.15, 0.2) is 34.7 Å². The van der Waals surface area contributed by atoms with E-state index in [0.29, 0.717) is 6.54 Å². The SMILES string of the molecule is CCNC(c1ccc([N+](=O)[O-])o1)c1cc(F)ccc1F. The van der Waals surface area contributed by atoms with Crippen molar-refractivity contribution in [2.24, 2.45) is 0 Å². The normalized spacial score (nSPS) is 12.3. The van der Waals surface area contributed by atoms with Crippen LogP contribution in [0.5, 0.6) is 0 Å². The lowest BCUT2D eigenvalue weighted by Crippen LogP contribution is -2.22. The van der Waals surface area contributed by atoms with Crippen molar-refractivity contribution in [2.45, 2.75) is 13.0 Å². The van der Waals surface area contributed by atoms with Gasteiger partial charge in [-0.05, 0) is 30.8 Å². The van der Waals surface area contributed by atoms with Crippen LogP contribution in [0.2, 0.25) is 0 Å². The van der Waals surface area contributed by atoms with E-state index in [0.717, 1.165) is 18.2 Å². The first-order valence-electron chi connectivity index (χ1n) is 5.95. The van der Waals surface area contributed by atoms with E-state index < -0.39 is 28.5 Å². The summed E-state index contributed by atoms with van der Waals surface area (Å²) in [4.78, 5) is 9.92. The number of nitrogens with zero attached hydrogens (tertiary/aromatic N) is 1. The molecule has 0 aliphatic carbocycles. The molecule has 20 heavy (non-hydrogen) atoms. The molecule has 0 saturated carbocycles. The second-order valence-electron chi connectivity index (χ2n) is 4.09. The Balaban J connectivity index is 2.44. The molecule has 1 atom stereocenters. The van der Waals surface area contributed by atoms with Crippen molar-refractivity contribution in [3.63, 3.8) is 0 Å². The van der Waals surface area contributed by atoms with Gasteiger partial charge >= 0.3 is 5.88 Å². The highest BCUT2D eigenvalue weighted by Crippen LogP contribution is 2.28. The number of halogens is 2. The fraction of sp³-hybridized carbons (Fsp3) is 0.231. The highest BCUT2D eigenvalue weighted by molar-refractivity contribution is 5.31. The first kappa shape index (κ1) is 14.1. The van der Waals surface area contributed by atoms with Crippen LogP contribution in [0, 0.1) is 21.7 Å². The molecule has 1 N–H and O–H groups in total. The van der Waals surface area contributed by atoms with Crippen LogP contribution in [0.1, 0.15) is 24.3 Å². The van der Waals surface area contributed by atoms with Crippen LogP contribution in [0.25, 0.3) is 0 Å². The molecule has 0 aliphatic rings. The molecule has 0 bridgehead atoms. The minimum absolute atomic E-state index is 0.0381. The molecule has 1 unspecified atom stereocenters. The highest BCUT2D eigenvalue weighted by atomic mass is 19.1. The molecule has 106 valence electrons. The van der Waals surface area contributed by atoms with Gasteiger partial charge in [-0.3, -0.25) is 10.1 Å². The molecule has 1 aromatic carbocycles. The quantitative estimate of drug-likeness (QED) is 0.675. The fourth-order valence-corrected chi connectivity index (χ4v) is 1.90. The average Bonchev–Trinajstić information content (AvgIpc) is 2.89. The molecule has 0 saturated heterocycles. The Morgan fingerprint density at radius 1 is 1.35 bits per heavy atom. The summed E-state index contributed by atoms with van der Waals surface area (Å²) in [5.41, 5.74) is 0.0381. The molecule has 2 aromatic rings. The van der Waals surface area contributed by atoms with Crippen molar-refractivity contribution < 1.29 is 18.1 Å². The third kappa shape index (κ3) is 2.83. The van der Waals surface area contributed by atoms with Gasteiger partial charge in [-0.15, -0.1) is 0 Å². The lowest BCUT2D eigenvalue weighted by molar-refractivity contribution is -0.402. The standard InChI is InChI=1S/C13H12F2N2O3/c1-2-16-13(9-7-8(14)3-4-10(9)15)11-5-6-12(20-11)17(18)19/h3-7,13,16H,2H2,1H3. The predicted molar refractivity (Wildman–Crippen MR) is 67.2 cm³/mol. The van der Waals surface area contributed by atoms with Gasteiger partial charge in [0.2, 0.25) is 0 Å². The maximum atomic E-state index is 13.8. The van der Waals surface area contributed by atoms with E-state index in [9.17, 15) is 18.9 Å². The van der Waals surface area contributed by atoms with E-state index in [1.165, 1.54) is 12.1 Å². The van der Waals surface area contributed by atoms with Crippen LogP contribution in [0.3, 0.4) is 0 Å². The molecule has 0 aliphatic heterocycles. The summed E-state index contributed by atoms with van der Waals surface area (Å²) in [6.45, 7) is 2.23. The van der Waals surface area contributed by atoms with Gasteiger partial charge in [0.05, 0.1) is 12.1 Å². The van der Waals surface area contributed by atoms with Gasteiger partial charge in [0.1, 0.15) is 22.3 Å². The van der Waals surface area contributed by atoms with E-state index in [2.05, 4.69) is 5.32 Å². The number of benzene rings is 1. The zero-order chi connectivity index (χ0) is 14.7. The molecular formula is C13H12F2N2O3. The second-order valence-corrected chi connectivity index (χ2v) is 4.09. The number of hydrogen-bond acceptors (Lipinski definition) is 4. The van der Waals surface area contributed by atoms with Gasteiger partial charge in [0.25, 0.3) is 0 Å². The third-order valence-corrected chi connectivity index (χ3v) is 2.75. The minimum Gasteiger partial charge on any atom is -0.404 e. The summed E-state index contributed by atoms with van der Waals surface area (Å²) < 4.78 is 32.1. The summed E-state index contributed by atoms with van der Waals surface area (Å²) in [5, 5.41) is 13.5. The second kappa shape index (κ2) is 5.79. The van der Waals surface area contributed by atoms with Crippen LogP contribution in [0.4, 0.5) is 14.7 Å². The molecule has 0 radical (unpaired) electrons. The number of nitro groups is 1. The molecule has 5 nitrogen and oxygen atoms in total. The van der Waals surface area contributed by atoms with Crippen molar-refractivity contribution in [1.29, 1.82) is 0 Å². The largest absolute Gasteiger partial charge is 0.433 e. The number of hydrogen-bond donors (Lipinski definition) is 1. The number of rotatable bonds is 5. The van der Waals surface area contributed by atoms with Crippen molar-refractivity contribution in [2.75, 3.05) is 6.54 Å². The molecular weight excluding hydrogens is 270 g/mol. The molecule has 2 rings (SSSR count). The van der Waals surface area contributed by atoms with E-state index in [-0.39, 0.29) is 11.3 Å². The third-order valence-electron chi connectivity index (χ3n) is 2.75. The van der Waals surface area contributed by atoms with Crippen molar-refractivity contribution in [3.8, 4) is 0 Å². The molecule has 0 fully saturated rings. The van der Waals surface area contributed by atoms with Crippen LogP contribution >= 0.6 is 0 Å². The first-order chi connectivity index (χ1) is 9.52. The van der Waals surface area contributed by atoms with Crippen LogP contribution in [-0.4, -0.2) is 11.5 Å². The zero-order valence-corrected chi connectivity index (χ0v) is 10.6. The Hall–Kier alpha value is -2.28. The Bertz CT molecular complexity index is 628. The molecule has 1 heterocycles. The van der Waals surface area contributed by atoms with Gasteiger partial charge in [-0.1, -0.05) is 6.92 Å². The van der Waals surface area contributed by atoms with Crippen LogP contribution in [-0.2, 0) is 0 Å². The summed E-state index contributed by atoms with van der Waals surface area (Å²) in [7, 11) is 0. The Labute approximate surface area is 113 Å². The fourth-order valence-electron chi connectivity index (χ4n) is 1.90. The van der Waals surface area contributed by atoms with Crippen molar-refractivity contribution in [1.82, 2.24) is 5.32 Å². The monoisotopic (exact) mass is 282 g/mol. The van der Waals surface area contributed by atoms with Gasteiger partial charge in [-0.2, -0.15) is 0 Å². The molecule has 7 heteroatoms. The topological polar surface area (TPSA) is 68.3 Å². The molecule has 0 amide bonds.